The highest BCUT2D eigenvalue weighted by atomic mass is 16.3. The maximum Gasteiger partial charge on any atom is 0.145 e. The summed E-state index contributed by atoms with van der Waals surface area (Å²) < 4.78 is 0. The van der Waals surface area contributed by atoms with Gasteiger partial charge in [0, 0.05) is 28.5 Å². The van der Waals surface area contributed by atoms with Gasteiger partial charge in [-0.25, -0.2) is 0 Å². The molecule has 5 N–H and O–H groups in total. The predicted molar refractivity (Wildman–Crippen MR) is 163 cm³/mol. The summed E-state index contributed by atoms with van der Waals surface area (Å²) in [5, 5.41) is 21.8. The van der Waals surface area contributed by atoms with Crippen molar-refractivity contribution in [2.75, 3.05) is 16.5 Å². The molecule has 0 radical (unpaired) electrons. The average molecular weight is 521 g/mol. The van der Waals surface area contributed by atoms with Crippen LogP contribution in [0, 0.1) is 10.4 Å². The maximum atomic E-state index is 10.4. The van der Waals surface area contributed by atoms with Crippen LogP contribution in [0.15, 0.2) is 114 Å². The SMILES string of the molecule is Nc1cccc(C=c2ccc3c(c2)C=c2c(N)c(C4=NN(c5ccccc5)C(c5ccccc5)C4)ccc2=3)c1O. The lowest BCUT2D eigenvalue weighted by molar-refractivity contribution is 0.476. The Hall–Kier alpha value is -5.29. The van der Waals surface area contributed by atoms with E-state index in [0.29, 0.717) is 11.3 Å². The summed E-state index contributed by atoms with van der Waals surface area (Å²) in [7, 11) is 0. The molecule has 0 amide bonds. The van der Waals surface area contributed by atoms with Crippen LogP contribution in [0.4, 0.5) is 17.1 Å². The van der Waals surface area contributed by atoms with Crippen molar-refractivity contribution in [3.8, 4) is 5.75 Å². The van der Waals surface area contributed by atoms with Crippen LogP contribution >= 0.6 is 0 Å². The number of nitrogen functional groups attached to an aromatic ring is 2. The van der Waals surface area contributed by atoms with Crippen molar-refractivity contribution in [2.45, 2.75) is 12.5 Å². The van der Waals surface area contributed by atoms with Crippen LogP contribution in [0.2, 0.25) is 0 Å². The summed E-state index contributed by atoms with van der Waals surface area (Å²) in [6.45, 7) is 0. The fourth-order valence-corrected chi connectivity index (χ4v) is 5.77. The zero-order valence-corrected chi connectivity index (χ0v) is 21.8. The molecular formula is C35H28N4O. The van der Waals surface area contributed by atoms with Gasteiger partial charge in [-0.1, -0.05) is 84.9 Å². The second-order valence-corrected chi connectivity index (χ2v) is 10.3. The number of nitrogens with zero attached hydrogens (tertiary/aromatic N) is 2. The van der Waals surface area contributed by atoms with Gasteiger partial charge in [-0.2, -0.15) is 5.10 Å². The largest absolute Gasteiger partial charge is 0.505 e. The topological polar surface area (TPSA) is 87.9 Å². The van der Waals surface area contributed by atoms with E-state index in [0.717, 1.165) is 55.5 Å². The quantitative estimate of drug-likeness (QED) is 0.221. The summed E-state index contributed by atoms with van der Waals surface area (Å²) in [5.74, 6) is 0.0971. The zero-order valence-electron chi connectivity index (χ0n) is 21.8. The summed E-state index contributed by atoms with van der Waals surface area (Å²) in [6, 6.07) is 36.8. The first-order chi connectivity index (χ1) is 19.6. The average Bonchev–Trinajstić information content (AvgIpc) is 3.59. The van der Waals surface area contributed by atoms with Crippen molar-refractivity contribution in [3.63, 3.8) is 0 Å². The number of phenols is 1. The number of fused-ring (bicyclic) bond motifs is 2. The van der Waals surface area contributed by atoms with Crippen molar-refractivity contribution in [1.29, 1.82) is 0 Å². The van der Waals surface area contributed by atoms with E-state index >= 15 is 0 Å². The number of anilines is 3. The Labute approximate surface area is 232 Å². The van der Waals surface area contributed by atoms with Crippen LogP contribution < -0.4 is 26.9 Å². The third-order valence-electron chi connectivity index (χ3n) is 7.80. The second-order valence-electron chi connectivity index (χ2n) is 10.3. The molecule has 0 bridgehead atoms. The van der Waals surface area contributed by atoms with Crippen LogP contribution in [-0.2, 0) is 0 Å². The van der Waals surface area contributed by atoms with E-state index in [-0.39, 0.29) is 11.8 Å². The van der Waals surface area contributed by atoms with Crippen molar-refractivity contribution >= 4 is 34.9 Å². The minimum Gasteiger partial charge on any atom is -0.505 e. The first-order valence-corrected chi connectivity index (χ1v) is 13.4. The molecule has 1 aliphatic carbocycles. The minimum atomic E-state index is 0.0916. The highest BCUT2D eigenvalue weighted by molar-refractivity contribution is 6.07. The number of hydrogen-bond acceptors (Lipinski definition) is 5. The zero-order chi connectivity index (χ0) is 27.2. The number of rotatable bonds is 4. The third-order valence-corrected chi connectivity index (χ3v) is 7.80. The Morgan fingerprint density at radius 3 is 2.35 bits per heavy atom. The molecule has 5 aromatic rings. The highest BCUT2D eigenvalue weighted by Crippen LogP contribution is 2.37. The van der Waals surface area contributed by atoms with Crippen LogP contribution in [0.1, 0.15) is 34.7 Å². The van der Waals surface area contributed by atoms with Crippen LogP contribution in [-0.4, -0.2) is 10.8 Å². The Morgan fingerprint density at radius 2 is 1.55 bits per heavy atom. The number of aromatic hydroxyl groups is 1. The molecule has 1 atom stereocenters. The molecule has 1 unspecified atom stereocenters. The van der Waals surface area contributed by atoms with Gasteiger partial charge < -0.3 is 16.6 Å². The molecule has 1 heterocycles. The van der Waals surface area contributed by atoms with Gasteiger partial charge in [0.15, 0.2) is 0 Å². The van der Waals surface area contributed by atoms with Crippen molar-refractivity contribution in [1.82, 2.24) is 0 Å². The maximum absolute atomic E-state index is 10.4. The summed E-state index contributed by atoms with van der Waals surface area (Å²) in [6.07, 6.45) is 4.85. The number of hydrazone groups is 1. The Kier molecular flexibility index (Phi) is 5.64. The molecular weight excluding hydrogens is 492 g/mol. The van der Waals surface area contributed by atoms with E-state index in [1.54, 1.807) is 6.07 Å². The van der Waals surface area contributed by atoms with Gasteiger partial charge in [-0.15, -0.1) is 0 Å². The van der Waals surface area contributed by atoms with Gasteiger partial charge in [0.2, 0.25) is 0 Å². The lowest BCUT2D eigenvalue weighted by Crippen LogP contribution is -2.18. The van der Waals surface area contributed by atoms with Gasteiger partial charge in [0.05, 0.1) is 23.1 Å². The lowest BCUT2D eigenvalue weighted by Gasteiger charge is -2.23. The molecule has 0 fully saturated rings. The molecule has 40 heavy (non-hydrogen) atoms. The Bertz CT molecular complexity index is 2020. The second kappa shape index (κ2) is 9.47. The molecule has 5 aromatic carbocycles. The summed E-state index contributed by atoms with van der Waals surface area (Å²) in [4.78, 5) is 0. The van der Waals surface area contributed by atoms with Gasteiger partial charge in [-0.3, -0.25) is 5.01 Å². The van der Waals surface area contributed by atoms with Crippen molar-refractivity contribution < 1.29 is 5.11 Å². The van der Waals surface area contributed by atoms with E-state index < -0.39 is 0 Å². The molecule has 5 heteroatoms. The van der Waals surface area contributed by atoms with Crippen LogP contribution in [0.25, 0.3) is 12.2 Å². The first kappa shape index (κ1) is 23.8. The number of benzene rings is 5. The van der Waals surface area contributed by atoms with Gasteiger partial charge in [0.1, 0.15) is 5.75 Å². The molecule has 0 saturated heterocycles. The van der Waals surface area contributed by atoms with Gasteiger partial charge >= 0.3 is 0 Å². The molecule has 5 nitrogen and oxygen atoms in total. The number of hydrogen-bond donors (Lipinski definition) is 3. The summed E-state index contributed by atoms with van der Waals surface area (Å²) in [5.41, 5.74) is 19.9. The normalized spacial score (nSPS) is 15.9. The third kappa shape index (κ3) is 4.00. The van der Waals surface area contributed by atoms with Gasteiger partial charge in [-0.05, 0) is 63.2 Å². The molecule has 0 saturated carbocycles. The van der Waals surface area contributed by atoms with Crippen LogP contribution in [0.5, 0.6) is 5.75 Å². The van der Waals surface area contributed by atoms with E-state index in [9.17, 15) is 5.11 Å². The fraction of sp³-hybridized carbons (Fsp3) is 0.0571. The molecule has 194 valence electrons. The molecule has 2 aliphatic rings. The molecule has 7 rings (SSSR count). The Morgan fingerprint density at radius 1 is 0.800 bits per heavy atom. The van der Waals surface area contributed by atoms with Crippen molar-refractivity contribution in [3.05, 3.63) is 152 Å². The Balaban J connectivity index is 1.31. The molecule has 0 aromatic heterocycles. The number of nitrogens with two attached hydrogens (primary N) is 2. The first-order valence-electron chi connectivity index (χ1n) is 13.4. The summed E-state index contributed by atoms with van der Waals surface area (Å²) >= 11 is 0. The van der Waals surface area contributed by atoms with Crippen molar-refractivity contribution in [2.24, 2.45) is 5.10 Å². The lowest BCUT2D eigenvalue weighted by atomic mass is 9.96. The van der Waals surface area contributed by atoms with E-state index in [1.165, 1.54) is 5.56 Å². The molecule has 1 aliphatic heterocycles. The standard InChI is InChI=1S/C35H28N4O/c36-31-13-7-10-24(35(31)40)18-22-14-15-27-25(19-22)20-30-28(27)16-17-29(34(30)37)32-21-33(23-8-3-1-4-9-23)39(38-32)26-11-5-2-6-12-26/h1-20,33,40H,21,36-37H2. The minimum absolute atomic E-state index is 0.0916. The highest BCUT2D eigenvalue weighted by Gasteiger charge is 2.30. The smallest absolute Gasteiger partial charge is 0.145 e. The number of phenolic OH excluding ortho intramolecular Hbond substituents is 1. The fourth-order valence-electron chi connectivity index (χ4n) is 5.77. The molecule has 0 spiro atoms. The van der Waals surface area contributed by atoms with Crippen LogP contribution in [0.3, 0.4) is 0 Å². The van der Waals surface area contributed by atoms with E-state index in [4.69, 9.17) is 16.6 Å². The number of para-hydroxylation sites is 2. The monoisotopic (exact) mass is 520 g/mol. The predicted octanol–water partition coefficient (Wildman–Crippen LogP) is 5.17. The van der Waals surface area contributed by atoms with E-state index in [1.807, 2.05) is 42.5 Å². The van der Waals surface area contributed by atoms with Gasteiger partial charge in [0.25, 0.3) is 0 Å². The van der Waals surface area contributed by atoms with E-state index in [2.05, 4.69) is 77.8 Å².